The highest BCUT2D eigenvalue weighted by atomic mass is 79.9. The number of carbonyl (C=O) groups excluding carboxylic acids is 1. The fourth-order valence-corrected chi connectivity index (χ4v) is 4.34. The number of hydrogen-bond acceptors (Lipinski definition) is 4. The fraction of sp³-hybridized carbons (Fsp3) is 0.185. The molecule has 0 spiro atoms. The normalized spacial score (nSPS) is 11.1. The molecule has 0 atom stereocenters. The first-order valence-corrected chi connectivity index (χ1v) is 12.3. The maximum Gasteiger partial charge on any atom is 0.266 e. The Morgan fingerprint density at radius 3 is 2.40 bits per heavy atom. The van der Waals surface area contributed by atoms with E-state index in [0.29, 0.717) is 50.5 Å². The van der Waals surface area contributed by atoms with Gasteiger partial charge in [0.05, 0.1) is 21.1 Å². The smallest absolute Gasteiger partial charge is 0.266 e. The minimum atomic E-state index is -0.574. The molecular formula is C27H23BrCl2N2O3. The quantitative estimate of drug-likeness (QED) is 0.219. The number of carbonyl (C=O) groups is 1. The summed E-state index contributed by atoms with van der Waals surface area (Å²) in [6, 6.07) is 16.4. The Hall–Kier alpha value is -2.98. The van der Waals surface area contributed by atoms with E-state index in [9.17, 15) is 10.1 Å². The van der Waals surface area contributed by atoms with Crippen molar-refractivity contribution < 1.29 is 14.3 Å². The highest BCUT2D eigenvalue weighted by molar-refractivity contribution is 9.10. The Balaban J connectivity index is 1.85. The minimum absolute atomic E-state index is 0.0886. The van der Waals surface area contributed by atoms with E-state index < -0.39 is 5.91 Å². The van der Waals surface area contributed by atoms with Crippen LogP contribution < -0.4 is 14.8 Å². The third-order valence-corrected chi connectivity index (χ3v) is 6.18. The van der Waals surface area contributed by atoms with Gasteiger partial charge < -0.3 is 14.8 Å². The van der Waals surface area contributed by atoms with Gasteiger partial charge in [-0.25, -0.2) is 0 Å². The van der Waals surface area contributed by atoms with Crippen molar-refractivity contribution in [2.45, 2.75) is 27.4 Å². The monoisotopic (exact) mass is 572 g/mol. The number of hydrogen-bond donors (Lipinski definition) is 1. The molecule has 0 fully saturated rings. The van der Waals surface area contributed by atoms with Crippen LogP contribution in [0, 0.1) is 25.2 Å². The first-order valence-electron chi connectivity index (χ1n) is 10.7. The largest absolute Gasteiger partial charge is 0.490 e. The number of rotatable bonds is 8. The first kappa shape index (κ1) is 26.6. The summed E-state index contributed by atoms with van der Waals surface area (Å²) in [5, 5.41) is 12.9. The Morgan fingerprint density at radius 2 is 1.77 bits per heavy atom. The number of nitriles is 1. The van der Waals surface area contributed by atoms with E-state index in [1.165, 1.54) is 12.1 Å². The molecule has 3 aromatic rings. The molecule has 0 aliphatic carbocycles. The maximum atomic E-state index is 12.7. The summed E-state index contributed by atoms with van der Waals surface area (Å²) in [7, 11) is 0. The van der Waals surface area contributed by atoms with E-state index in [1.54, 1.807) is 24.3 Å². The summed E-state index contributed by atoms with van der Waals surface area (Å²) in [5.41, 5.74) is 4.31. The predicted octanol–water partition coefficient (Wildman–Crippen LogP) is 7.90. The van der Waals surface area contributed by atoms with Crippen molar-refractivity contribution in [3.63, 3.8) is 0 Å². The maximum absolute atomic E-state index is 12.7. The Bertz CT molecular complexity index is 1310. The molecule has 5 nitrogen and oxygen atoms in total. The molecule has 0 aliphatic heterocycles. The molecule has 180 valence electrons. The van der Waals surface area contributed by atoms with Crippen LogP contribution in [0.25, 0.3) is 6.08 Å². The van der Waals surface area contributed by atoms with Crippen molar-refractivity contribution in [1.82, 2.24) is 0 Å². The van der Waals surface area contributed by atoms with E-state index in [1.807, 2.05) is 26.8 Å². The van der Waals surface area contributed by atoms with Crippen molar-refractivity contribution in [1.29, 1.82) is 5.26 Å². The molecule has 35 heavy (non-hydrogen) atoms. The number of amides is 1. The molecule has 3 rings (SSSR count). The summed E-state index contributed by atoms with van der Waals surface area (Å²) < 4.78 is 12.5. The second kappa shape index (κ2) is 12.1. The van der Waals surface area contributed by atoms with Crippen LogP contribution in [0.4, 0.5) is 5.69 Å². The van der Waals surface area contributed by atoms with Crippen molar-refractivity contribution in [3.8, 4) is 17.6 Å². The average molecular weight is 574 g/mol. The fourth-order valence-electron chi connectivity index (χ4n) is 3.47. The lowest BCUT2D eigenvalue weighted by Gasteiger charge is -2.15. The molecule has 0 radical (unpaired) electrons. The molecule has 0 aliphatic rings. The second-order valence-corrected chi connectivity index (χ2v) is 9.47. The van der Waals surface area contributed by atoms with Gasteiger partial charge in [0.15, 0.2) is 11.5 Å². The number of halogens is 3. The molecule has 0 bridgehead atoms. The summed E-state index contributed by atoms with van der Waals surface area (Å²) in [4.78, 5) is 12.7. The van der Waals surface area contributed by atoms with Gasteiger partial charge in [-0.05, 0) is 84.2 Å². The number of ether oxygens (including phenoxy) is 2. The van der Waals surface area contributed by atoms with Crippen LogP contribution >= 0.6 is 39.1 Å². The van der Waals surface area contributed by atoms with Crippen LogP contribution in [-0.2, 0) is 11.4 Å². The molecular weight excluding hydrogens is 551 g/mol. The number of benzene rings is 3. The van der Waals surface area contributed by atoms with Gasteiger partial charge in [-0.1, -0.05) is 52.5 Å². The van der Waals surface area contributed by atoms with Crippen LogP contribution in [-0.4, -0.2) is 12.5 Å². The lowest BCUT2D eigenvalue weighted by molar-refractivity contribution is -0.112. The average Bonchev–Trinajstić information content (AvgIpc) is 2.79. The Kier molecular flexibility index (Phi) is 9.22. The second-order valence-electron chi connectivity index (χ2n) is 7.80. The Labute approximate surface area is 223 Å². The SMILES string of the molecule is CCOc1cc(/C=C(\C#N)C(=O)Nc2ccc(Cl)c(Cl)c2)cc(Br)c1OCc1cc(C)cc(C)c1. The van der Waals surface area contributed by atoms with Gasteiger partial charge in [0, 0.05) is 5.69 Å². The molecule has 0 heterocycles. The zero-order valence-electron chi connectivity index (χ0n) is 19.4. The zero-order chi connectivity index (χ0) is 25.5. The first-order chi connectivity index (χ1) is 16.7. The van der Waals surface area contributed by atoms with Crippen LogP contribution in [0.5, 0.6) is 11.5 Å². The molecule has 1 N–H and O–H groups in total. The summed E-state index contributed by atoms with van der Waals surface area (Å²) >= 11 is 15.5. The summed E-state index contributed by atoms with van der Waals surface area (Å²) in [6.07, 6.45) is 1.48. The standard InChI is InChI=1S/C27H23BrCl2N2O3/c1-4-34-25-12-18(10-20(14-31)27(33)32-21-5-6-23(29)24(30)13-21)11-22(28)26(25)35-15-19-8-16(2)7-17(3)9-19/h5-13H,4,15H2,1-3H3,(H,32,33)/b20-10+. The van der Waals surface area contributed by atoms with Gasteiger partial charge in [0.25, 0.3) is 5.91 Å². The summed E-state index contributed by atoms with van der Waals surface area (Å²) in [5.74, 6) is 0.469. The van der Waals surface area contributed by atoms with E-state index in [4.69, 9.17) is 32.7 Å². The molecule has 1 amide bonds. The van der Waals surface area contributed by atoms with Crippen molar-refractivity contribution in [3.05, 3.63) is 90.9 Å². The van der Waals surface area contributed by atoms with E-state index in [0.717, 1.165) is 16.7 Å². The van der Waals surface area contributed by atoms with Gasteiger partial charge >= 0.3 is 0 Å². The number of aryl methyl sites for hydroxylation is 2. The zero-order valence-corrected chi connectivity index (χ0v) is 22.5. The van der Waals surface area contributed by atoms with Gasteiger partial charge in [-0.3, -0.25) is 4.79 Å². The van der Waals surface area contributed by atoms with Gasteiger partial charge in [0.1, 0.15) is 18.2 Å². The highest BCUT2D eigenvalue weighted by Gasteiger charge is 2.15. The third-order valence-electron chi connectivity index (χ3n) is 4.85. The molecule has 3 aromatic carbocycles. The van der Waals surface area contributed by atoms with Crippen molar-refractivity contribution >= 4 is 56.8 Å². The van der Waals surface area contributed by atoms with Crippen LogP contribution in [0.15, 0.2) is 58.6 Å². The predicted molar refractivity (Wildman–Crippen MR) is 144 cm³/mol. The van der Waals surface area contributed by atoms with Crippen LogP contribution in [0.3, 0.4) is 0 Å². The topological polar surface area (TPSA) is 71.3 Å². The number of anilines is 1. The van der Waals surface area contributed by atoms with Crippen LogP contribution in [0.2, 0.25) is 10.0 Å². The van der Waals surface area contributed by atoms with Crippen molar-refractivity contribution in [2.24, 2.45) is 0 Å². The highest BCUT2D eigenvalue weighted by Crippen LogP contribution is 2.38. The molecule has 8 heteroatoms. The number of nitrogens with zero attached hydrogens (tertiary/aromatic N) is 1. The molecule has 0 aromatic heterocycles. The minimum Gasteiger partial charge on any atom is -0.490 e. The molecule has 0 saturated heterocycles. The van der Waals surface area contributed by atoms with Gasteiger partial charge in [-0.15, -0.1) is 0 Å². The number of nitrogens with one attached hydrogen (secondary N) is 1. The molecule has 0 saturated carbocycles. The third kappa shape index (κ3) is 7.25. The molecule has 0 unspecified atom stereocenters. The van der Waals surface area contributed by atoms with E-state index in [-0.39, 0.29) is 5.57 Å². The van der Waals surface area contributed by atoms with Crippen molar-refractivity contribution in [2.75, 3.05) is 11.9 Å². The summed E-state index contributed by atoms with van der Waals surface area (Å²) in [6.45, 7) is 6.75. The van der Waals surface area contributed by atoms with Gasteiger partial charge in [-0.2, -0.15) is 5.26 Å². The van der Waals surface area contributed by atoms with Gasteiger partial charge in [0.2, 0.25) is 0 Å². The lowest BCUT2D eigenvalue weighted by atomic mass is 10.1. The van der Waals surface area contributed by atoms with Crippen LogP contribution in [0.1, 0.15) is 29.2 Å². The van der Waals surface area contributed by atoms with E-state index >= 15 is 0 Å². The van der Waals surface area contributed by atoms with E-state index in [2.05, 4.69) is 39.4 Å². The lowest BCUT2D eigenvalue weighted by Crippen LogP contribution is -2.13. The Morgan fingerprint density at radius 1 is 1.06 bits per heavy atom.